The normalized spacial score (nSPS) is 9.29. The van der Waals surface area contributed by atoms with E-state index in [-0.39, 0.29) is 5.91 Å². The van der Waals surface area contributed by atoms with Crippen LogP contribution in [0.2, 0.25) is 0 Å². The SMILES string of the molecule is CNCc1cccc(C#CCCNC(C)=O)c1. The van der Waals surface area contributed by atoms with Crippen LogP contribution in [-0.4, -0.2) is 19.5 Å². The number of hydrogen-bond acceptors (Lipinski definition) is 2. The predicted octanol–water partition coefficient (Wildman–Crippen LogP) is 1.28. The summed E-state index contributed by atoms with van der Waals surface area (Å²) < 4.78 is 0. The molecule has 2 N–H and O–H groups in total. The van der Waals surface area contributed by atoms with Crippen molar-refractivity contribution in [2.45, 2.75) is 19.9 Å². The first-order chi connectivity index (χ1) is 8.22. The van der Waals surface area contributed by atoms with Crippen molar-refractivity contribution < 1.29 is 4.79 Å². The van der Waals surface area contributed by atoms with Crippen LogP contribution in [0.4, 0.5) is 0 Å². The number of carbonyl (C=O) groups excluding carboxylic acids is 1. The van der Waals surface area contributed by atoms with E-state index in [0.29, 0.717) is 13.0 Å². The van der Waals surface area contributed by atoms with E-state index in [4.69, 9.17) is 0 Å². The van der Waals surface area contributed by atoms with Crippen molar-refractivity contribution in [1.82, 2.24) is 10.6 Å². The third-order valence-electron chi connectivity index (χ3n) is 2.16. The van der Waals surface area contributed by atoms with E-state index in [1.54, 1.807) is 0 Å². The number of amides is 1. The van der Waals surface area contributed by atoms with Crippen LogP contribution in [0.3, 0.4) is 0 Å². The third-order valence-corrected chi connectivity index (χ3v) is 2.16. The molecule has 1 aromatic rings. The quantitative estimate of drug-likeness (QED) is 0.604. The molecule has 1 aromatic carbocycles. The Kier molecular flexibility index (Phi) is 5.84. The Labute approximate surface area is 103 Å². The summed E-state index contributed by atoms with van der Waals surface area (Å²) in [4.78, 5) is 10.6. The lowest BCUT2D eigenvalue weighted by Gasteiger charge is -1.99. The predicted molar refractivity (Wildman–Crippen MR) is 69.4 cm³/mol. The molecule has 0 aliphatic rings. The summed E-state index contributed by atoms with van der Waals surface area (Å²) >= 11 is 0. The van der Waals surface area contributed by atoms with Gasteiger partial charge in [-0.2, -0.15) is 0 Å². The Morgan fingerprint density at radius 1 is 1.41 bits per heavy atom. The summed E-state index contributed by atoms with van der Waals surface area (Å²) in [6, 6.07) is 8.13. The minimum absolute atomic E-state index is 0.0113. The molecule has 0 aliphatic heterocycles. The van der Waals surface area contributed by atoms with Crippen LogP contribution in [0, 0.1) is 11.8 Å². The van der Waals surface area contributed by atoms with Gasteiger partial charge >= 0.3 is 0 Å². The number of carbonyl (C=O) groups is 1. The van der Waals surface area contributed by atoms with Crippen LogP contribution in [0.15, 0.2) is 24.3 Å². The van der Waals surface area contributed by atoms with Crippen LogP contribution in [0.1, 0.15) is 24.5 Å². The molecule has 0 atom stereocenters. The Morgan fingerprint density at radius 2 is 2.24 bits per heavy atom. The molecule has 1 rings (SSSR count). The Bertz CT molecular complexity index is 429. The van der Waals surface area contributed by atoms with Crippen LogP contribution in [-0.2, 0) is 11.3 Å². The Balaban J connectivity index is 2.47. The van der Waals surface area contributed by atoms with E-state index in [1.807, 2.05) is 19.2 Å². The van der Waals surface area contributed by atoms with Gasteiger partial charge in [0.15, 0.2) is 0 Å². The van der Waals surface area contributed by atoms with Gasteiger partial charge in [-0.25, -0.2) is 0 Å². The summed E-state index contributed by atoms with van der Waals surface area (Å²) in [6.45, 7) is 2.97. The van der Waals surface area contributed by atoms with Crippen molar-refractivity contribution in [1.29, 1.82) is 0 Å². The zero-order valence-electron chi connectivity index (χ0n) is 10.3. The molecule has 0 fully saturated rings. The van der Waals surface area contributed by atoms with Crippen molar-refractivity contribution >= 4 is 5.91 Å². The highest BCUT2D eigenvalue weighted by atomic mass is 16.1. The molecule has 17 heavy (non-hydrogen) atoms. The summed E-state index contributed by atoms with van der Waals surface area (Å²) in [5.74, 6) is 6.12. The van der Waals surface area contributed by atoms with Gasteiger partial charge in [0.05, 0.1) is 0 Å². The monoisotopic (exact) mass is 230 g/mol. The second-order valence-electron chi connectivity index (χ2n) is 3.77. The second-order valence-corrected chi connectivity index (χ2v) is 3.77. The molecule has 0 bridgehead atoms. The first-order valence-electron chi connectivity index (χ1n) is 5.69. The van der Waals surface area contributed by atoms with E-state index in [9.17, 15) is 4.79 Å². The number of hydrogen-bond donors (Lipinski definition) is 2. The van der Waals surface area contributed by atoms with Gasteiger partial charge in [-0.3, -0.25) is 4.79 Å². The van der Waals surface area contributed by atoms with Crippen molar-refractivity contribution in [3.05, 3.63) is 35.4 Å². The van der Waals surface area contributed by atoms with E-state index in [1.165, 1.54) is 12.5 Å². The summed E-state index contributed by atoms with van der Waals surface area (Å²) in [6.07, 6.45) is 0.676. The maximum Gasteiger partial charge on any atom is 0.216 e. The Hall–Kier alpha value is -1.79. The van der Waals surface area contributed by atoms with Gasteiger partial charge in [-0.05, 0) is 24.7 Å². The molecule has 0 aromatic heterocycles. The molecule has 3 heteroatoms. The highest BCUT2D eigenvalue weighted by molar-refractivity contribution is 5.72. The molecule has 0 radical (unpaired) electrons. The molecule has 0 aliphatic carbocycles. The molecule has 90 valence electrons. The first-order valence-corrected chi connectivity index (χ1v) is 5.69. The first kappa shape index (κ1) is 13.3. The van der Waals surface area contributed by atoms with Gasteiger partial charge in [0, 0.05) is 32.0 Å². The van der Waals surface area contributed by atoms with Gasteiger partial charge in [0.25, 0.3) is 0 Å². The van der Waals surface area contributed by atoms with Crippen molar-refractivity contribution in [2.24, 2.45) is 0 Å². The third kappa shape index (κ3) is 5.74. The minimum atomic E-state index is -0.0113. The largest absolute Gasteiger partial charge is 0.355 e. The van der Waals surface area contributed by atoms with Crippen LogP contribution in [0.5, 0.6) is 0 Å². The van der Waals surface area contributed by atoms with Crippen molar-refractivity contribution in [2.75, 3.05) is 13.6 Å². The lowest BCUT2D eigenvalue weighted by Crippen LogP contribution is -2.20. The maximum atomic E-state index is 10.6. The van der Waals surface area contributed by atoms with Crippen molar-refractivity contribution in [3.63, 3.8) is 0 Å². The molecule has 0 unspecified atom stereocenters. The molecule has 3 nitrogen and oxygen atoms in total. The van der Waals surface area contributed by atoms with Crippen LogP contribution < -0.4 is 10.6 Å². The second kappa shape index (κ2) is 7.48. The Morgan fingerprint density at radius 3 is 2.94 bits per heavy atom. The molecule has 0 saturated heterocycles. The lowest BCUT2D eigenvalue weighted by molar-refractivity contribution is -0.118. The maximum absolute atomic E-state index is 10.6. The van der Waals surface area contributed by atoms with Gasteiger partial charge in [0.1, 0.15) is 0 Å². The fourth-order valence-electron chi connectivity index (χ4n) is 1.43. The van der Waals surface area contributed by atoms with Crippen LogP contribution in [0.25, 0.3) is 0 Å². The topological polar surface area (TPSA) is 41.1 Å². The average molecular weight is 230 g/mol. The van der Waals surface area contributed by atoms with Crippen LogP contribution >= 0.6 is 0 Å². The molecular formula is C14H18N2O. The van der Waals surface area contributed by atoms with Gasteiger partial charge < -0.3 is 10.6 Å². The average Bonchev–Trinajstić information content (AvgIpc) is 2.29. The summed E-state index contributed by atoms with van der Waals surface area (Å²) in [5.41, 5.74) is 2.24. The summed E-state index contributed by atoms with van der Waals surface area (Å²) in [5, 5.41) is 5.82. The molecular weight excluding hydrogens is 212 g/mol. The highest BCUT2D eigenvalue weighted by Gasteiger charge is 1.91. The number of nitrogens with one attached hydrogen (secondary N) is 2. The smallest absolute Gasteiger partial charge is 0.216 e. The zero-order valence-corrected chi connectivity index (χ0v) is 10.3. The van der Waals surface area contributed by atoms with E-state index < -0.39 is 0 Å². The number of rotatable bonds is 4. The molecule has 0 spiro atoms. The highest BCUT2D eigenvalue weighted by Crippen LogP contribution is 2.03. The zero-order chi connectivity index (χ0) is 12.5. The van der Waals surface area contributed by atoms with Gasteiger partial charge in [-0.15, -0.1) is 0 Å². The molecule has 0 heterocycles. The summed E-state index contributed by atoms with van der Waals surface area (Å²) in [7, 11) is 1.92. The molecule has 1 amide bonds. The fourth-order valence-corrected chi connectivity index (χ4v) is 1.43. The van der Waals surface area contributed by atoms with E-state index in [2.05, 4.69) is 34.6 Å². The number of benzene rings is 1. The van der Waals surface area contributed by atoms with Crippen molar-refractivity contribution in [3.8, 4) is 11.8 Å². The van der Waals surface area contributed by atoms with Gasteiger partial charge in [0.2, 0.25) is 5.91 Å². The minimum Gasteiger partial charge on any atom is -0.355 e. The fraction of sp³-hybridized carbons (Fsp3) is 0.357. The van der Waals surface area contributed by atoms with Gasteiger partial charge in [-0.1, -0.05) is 24.0 Å². The lowest BCUT2D eigenvalue weighted by atomic mass is 10.1. The standard InChI is InChI=1S/C14H18N2O/c1-12(17)16-9-4-3-6-13-7-5-8-14(10-13)11-15-2/h5,7-8,10,15H,4,9,11H2,1-2H3,(H,16,17). The van der Waals surface area contributed by atoms with E-state index >= 15 is 0 Å². The molecule has 0 saturated carbocycles. The van der Waals surface area contributed by atoms with E-state index in [0.717, 1.165) is 12.1 Å².